The van der Waals surface area contributed by atoms with Crippen LogP contribution in [0.1, 0.15) is 42.6 Å². The summed E-state index contributed by atoms with van der Waals surface area (Å²) in [6.45, 7) is 4.92. The number of carbonyl (C=O) groups is 2. The number of amides is 2. The van der Waals surface area contributed by atoms with E-state index in [0.29, 0.717) is 31.5 Å². The largest absolute Gasteiger partial charge is 0.329 e. The fraction of sp³-hybridized carbons (Fsp3) is 0.381. The van der Waals surface area contributed by atoms with Crippen molar-refractivity contribution in [2.45, 2.75) is 33.1 Å². The molecule has 2 aromatic rings. The van der Waals surface area contributed by atoms with Crippen LogP contribution in [-0.2, 0) is 11.2 Å². The Morgan fingerprint density at radius 3 is 2.67 bits per heavy atom. The van der Waals surface area contributed by atoms with E-state index in [1.54, 1.807) is 29.4 Å². The second-order valence-corrected chi connectivity index (χ2v) is 6.94. The number of benzene rings is 1. The lowest BCUT2D eigenvalue weighted by atomic mass is 9.81. The zero-order chi connectivity index (χ0) is 19.4. The van der Waals surface area contributed by atoms with Gasteiger partial charge >= 0.3 is 0 Å². The molecule has 0 unspecified atom stereocenters. The summed E-state index contributed by atoms with van der Waals surface area (Å²) in [5, 5.41) is 3.01. The van der Waals surface area contributed by atoms with Gasteiger partial charge in [-0.3, -0.25) is 14.6 Å². The van der Waals surface area contributed by atoms with Gasteiger partial charge in [0.25, 0.3) is 5.91 Å². The zero-order valence-corrected chi connectivity index (χ0v) is 15.9. The van der Waals surface area contributed by atoms with Crippen LogP contribution in [0, 0.1) is 5.41 Å². The summed E-state index contributed by atoms with van der Waals surface area (Å²) in [5.74, 6) is -0.103. The summed E-state index contributed by atoms with van der Waals surface area (Å²) in [4.78, 5) is 31.2. The lowest BCUT2D eigenvalue weighted by Crippen LogP contribution is -2.41. The number of rotatable bonds is 6. The Balaban J connectivity index is 1.79. The fourth-order valence-corrected chi connectivity index (χ4v) is 3.55. The molecule has 3 rings (SSSR count). The highest BCUT2D eigenvalue weighted by Gasteiger charge is 2.33. The standard InChI is InChI=1S/C21H26N4O2/c1-3-21(4-2,14-22)20(27)24-17-7-8-18-15(12-17)9-11-25(18)19(26)16-6-5-10-23-13-16/h5-8,10,12-13H,3-4,9,11,14,22H2,1-2H3,(H,24,27). The van der Waals surface area contributed by atoms with Crippen molar-refractivity contribution in [2.75, 3.05) is 23.3 Å². The van der Waals surface area contributed by atoms with Gasteiger partial charge in [0.15, 0.2) is 0 Å². The van der Waals surface area contributed by atoms with E-state index >= 15 is 0 Å². The third-order valence-electron chi connectivity index (χ3n) is 5.61. The predicted octanol–water partition coefficient (Wildman–Crippen LogP) is 2.99. The molecule has 1 aromatic heterocycles. The molecule has 0 radical (unpaired) electrons. The Labute approximate surface area is 159 Å². The molecule has 0 saturated heterocycles. The molecule has 0 aliphatic carbocycles. The molecule has 6 heteroatoms. The average molecular weight is 366 g/mol. The van der Waals surface area contributed by atoms with Gasteiger partial charge in [-0.1, -0.05) is 13.8 Å². The van der Waals surface area contributed by atoms with Gasteiger partial charge in [0.05, 0.1) is 11.0 Å². The van der Waals surface area contributed by atoms with E-state index in [2.05, 4.69) is 10.3 Å². The van der Waals surface area contributed by atoms with E-state index < -0.39 is 5.41 Å². The second kappa shape index (κ2) is 7.88. The Morgan fingerprint density at radius 2 is 2.04 bits per heavy atom. The number of carbonyl (C=O) groups excluding carboxylic acids is 2. The van der Waals surface area contributed by atoms with E-state index in [9.17, 15) is 9.59 Å². The summed E-state index contributed by atoms with van der Waals surface area (Å²) >= 11 is 0. The number of nitrogens with two attached hydrogens (primary N) is 1. The highest BCUT2D eigenvalue weighted by molar-refractivity contribution is 6.07. The predicted molar refractivity (Wildman–Crippen MR) is 107 cm³/mol. The summed E-state index contributed by atoms with van der Waals surface area (Å²) < 4.78 is 0. The summed E-state index contributed by atoms with van der Waals surface area (Å²) in [7, 11) is 0. The van der Waals surface area contributed by atoms with Crippen LogP contribution in [0.25, 0.3) is 0 Å². The molecule has 0 atom stereocenters. The maximum absolute atomic E-state index is 12.7. The highest BCUT2D eigenvalue weighted by atomic mass is 16.2. The fourth-order valence-electron chi connectivity index (χ4n) is 3.55. The van der Waals surface area contributed by atoms with Crippen LogP contribution in [0.4, 0.5) is 11.4 Å². The first-order chi connectivity index (χ1) is 13.0. The molecule has 0 saturated carbocycles. The molecule has 1 aromatic carbocycles. The van der Waals surface area contributed by atoms with E-state index in [-0.39, 0.29) is 11.8 Å². The summed E-state index contributed by atoms with van der Waals surface area (Å²) in [5.41, 5.74) is 8.58. The molecule has 6 nitrogen and oxygen atoms in total. The maximum atomic E-state index is 12.7. The number of hydrogen-bond donors (Lipinski definition) is 2. The topological polar surface area (TPSA) is 88.3 Å². The Kier molecular flexibility index (Phi) is 5.56. The summed E-state index contributed by atoms with van der Waals surface area (Å²) in [6.07, 6.45) is 5.39. The molecule has 0 spiro atoms. The number of pyridine rings is 1. The molecule has 142 valence electrons. The molecular formula is C21H26N4O2. The van der Waals surface area contributed by atoms with Crippen LogP contribution in [0.2, 0.25) is 0 Å². The van der Waals surface area contributed by atoms with Gasteiger partial charge in [0.2, 0.25) is 5.91 Å². The third-order valence-corrected chi connectivity index (χ3v) is 5.61. The van der Waals surface area contributed by atoms with Crippen LogP contribution in [-0.4, -0.2) is 29.9 Å². The van der Waals surface area contributed by atoms with Crippen LogP contribution in [0.5, 0.6) is 0 Å². The van der Waals surface area contributed by atoms with Crippen molar-refractivity contribution >= 4 is 23.2 Å². The van der Waals surface area contributed by atoms with Gasteiger partial charge < -0.3 is 16.0 Å². The monoisotopic (exact) mass is 366 g/mol. The van der Waals surface area contributed by atoms with Gasteiger partial charge in [-0.15, -0.1) is 0 Å². The first-order valence-corrected chi connectivity index (χ1v) is 9.41. The van der Waals surface area contributed by atoms with Crippen molar-refractivity contribution in [3.63, 3.8) is 0 Å². The normalized spacial score (nSPS) is 13.4. The van der Waals surface area contributed by atoms with Crippen molar-refractivity contribution in [3.05, 3.63) is 53.9 Å². The van der Waals surface area contributed by atoms with Crippen molar-refractivity contribution < 1.29 is 9.59 Å². The van der Waals surface area contributed by atoms with E-state index in [0.717, 1.165) is 23.4 Å². The van der Waals surface area contributed by atoms with E-state index in [4.69, 9.17) is 5.73 Å². The summed E-state index contributed by atoms with van der Waals surface area (Å²) in [6, 6.07) is 9.22. The quantitative estimate of drug-likeness (QED) is 0.823. The van der Waals surface area contributed by atoms with E-state index in [1.165, 1.54) is 0 Å². The second-order valence-electron chi connectivity index (χ2n) is 6.94. The molecule has 1 aliphatic heterocycles. The molecule has 27 heavy (non-hydrogen) atoms. The minimum Gasteiger partial charge on any atom is -0.329 e. The number of fused-ring (bicyclic) bond motifs is 1. The van der Waals surface area contributed by atoms with Gasteiger partial charge in [-0.05, 0) is 55.2 Å². The lowest BCUT2D eigenvalue weighted by Gasteiger charge is -2.28. The SMILES string of the molecule is CCC(CC)(CN)C(=O)Nc1ccc2c(c1)CCN2C(=O)c1cccnc1. The van der Waals surface area contributed by atoms with Crippen molar-refractivity contribution in [3.8, 4) is 0 Å². The first kappa shape index (κ1) is 19.0. The third kappa shape index (κ3) is 3.57. The van der Waals surface area contributed by atoms with Crippen LogP contribution < -0.4 is 16.0 Å². The maximum Gasteiger partial charge on any atom is 0.259 e. The van der Waals surface area contributed by atoms with Gasteiger partial charge in [0, 0.05) is 36.9 Å². The molecule has 0 fully saturated rings. The lowest BCUT2D eigenvalue weighted by molar-refractivity contribution is -0.125. The molecular weight excluding hydrogens is 340 g/mol. The molecule has 1 aliphatic rings. The van der Waals surface area contributed by atoms with Crippen molar-refractivity contribution in [2.24, 2.45) is 11.1 Å². The zero-order valence-electron chi connectivity index (χ0n) is 15.9. The number of nitrogens with one attached hydrogen (secondary N) is 1. The van der Waals surface area contributed by atoms with Gasteiger partial charge in [-0.25, -0.2) is 0 Å². The average Bonchev–Trinajstić information content (AvgIpc) is 3.13. The first-order valence-electron chi connectivity index (χ1n) is 9.41. The smallest absolute Gasteiger partial charge is 0.259 e. The Morgan fingerprint density at radius 1 is 1.26 bits per heavy atom. The highest BCUT2D eigenvalue weighted by Crippen LogP contribution is 2.33. The Hall–Kier alpha value is -2.73. The minimum atomic E-state index is -0.540. The number of nitrogens with zero attached hydrogens (tertiary/aromatic N) is 2. The van der Waals surface area contributed by atoms with Crippen molar-refractivity contribution in [1.82, 2.24) is 4.98 Å². The van der Waals surface area contributed by atoms with Crippen molar-refractivity contribution in [1.29, 1.82) is 0 Å². The van der Waals surface area contributed by atoms with Gasteiger partial charge in [-0.2, -0.15) is 0 Å². The van der Waals surface area contributed by atoms with Crippen LogP contribution in [0.15, 0.2) is 42.7 Å². The Bertz CT molecular complexity index is 823. The number of aromatic nitrogens is 1. The number of hydrogen-bond acceptors (Lipinski definition) is 4. The molecule has 3 N–H and O–H groups in total. The van der Waals surface area contributed by atoms with E-state index in [1.807, 2.05) is 32.0 Å². The molecule has 2 heterocycles. The number of anilines is 2. The molecule has 0 bridgehead atoms. The van der Waals surface area contributed by atoms with Gasteiger partial charge in [0.1, 0.15) is 0 Å². The molecule has 2 amide bonds. The van der Waals surface area contributed by atoms with Crippen LogP contribution >= 0.6 is 0 Å². The van der Waals surface area contributed by atoms with Crippen LogP contribution in [0.3, 0.4) is 0 Å². The minimum absolute atomic E-state index is 0.0451.